The Kier molecular flexibility index (Phi) is 25.0. The van der Waals surface area contributed by atoms with Crippen molar-refractivity contribution in [1.29, 1.82) is 0 Å². The highest BCUT2D eigenvalue weighted by molar-refractivity contribution is 7.90. The monoisotopic (exact) mass is 1780 g/mol. The van der Waals surface area contributed by atoms with Gasteiger partial charge in [0.2, 0.25) is 17.6 Å². The SMILES string of the molecule is CC1(CCOc2ccn(-c3ccc4c(n3)N3C(CCCCNc5cccc(n5)S(=O)(=O)NC4=O)CCC3(C)C)n2)CC1.CC1(CCOc2ccn(-c3ccc4c(n3)N3C(CCCCNc5cccc(n5)S(=O)(=O)NC4=O)CCC3(C)C)n2)CC1.CC1(CCOc2ccn(-c3ccc4c(n3)N3C(CCCCNc5cccc(n5)S(=O)(=O)NC4=O)CCC3(C)C)n2)CC1. The Hall–Kier alpha value is -11.0. The molecule has 3 aliphatic carbocycles. The maximum atomic E-state index is 13.7. The van der Waals surface area contributed by atoms with Gasteiger partial charge >= 0.3 is 0 Å². The third-order valence-corrected chi connectivity index (χ3v) is 30.1. The van der Waals surface area contributed by atoms with Crippen LogP contribution in [0.4, 0.5) is 34.9 Å². The van der Waals surface area contributed by atoms with Crippen LogP contribution in [0, 0.1) is 16.2 Å². The molecule has 672 valence electrons. The number of pyridine rings is 6. The molecule has 0 spiro atoms. The Morgan fingerprint density at radius 1 is 0.341 bits per heavy atom. The van der Waals surface area contributed by atoms with E-state index in [9.17, 15) is 39.6 Å². The zero-order valence-corrected chi connectivity index (χ0v) is 75.9. The molecule has 3 saturated heterocycles. The van der Waals surface area contributed by atoms with Gasteiger partial charge in [0.05, 0.1) is 36.5 Å². The van der Waals surface area contributed by atoms with Gasteiger partial charge in [-0.1, -0.05) is 39.0 Å². The Bertz CT molecular complexity index is 5300. The number of ether oxygens (including phenoxy) is 3. The molecule has 0 aromatic carbocycles. The normalized spacial score (nSPS) is 22.5. The van der Waals surface area contributed by atoms with Gasteiger partial charge in [0.25, 0.3) is 47.8 Å². The van der Waals surface area contributed by atoms with Crippen LogP contribution in [-0.4, -0.2) is 176 Å². The number of carbonyl (C=O) groups excluding carboxylic acids is 3. The Morgan fingerprint density at radius 2 is 0.619 bits per heavy atom. The number of carbonyl (C=O) groups is 3. The minimum Gasteiger partial charge on any atom is -0.477 e. The van der Waals surface area contributed by atoms with E-state index in [4.69, 9.17) is 29.2 Å². The molecule has 6 fully saturated rings. The zero-order chi connectivity index (χ0) is 88.6. The van der Waals surface area contributed by atoms with Gasteiger partial charge in [-0.3, -0.25) is 14.4 Å². The predicted octanol–water partition coefficient (Wildman–Crippen LogP) is 14.1. The molecule has 3 saturated carbocycles. The van der Waals surface area contributed by atoms with E-state index in [2.05, 4.69) is 137 Å². The number of anilines is 6. The van der Waals surface area contributed by atoms with Crippen LogP contribution in [0.15, 0.2) is 143 Å². The maximum Gasteiger partial charge on any atom is 0.281 e. The topological polar surface area (TPSA) is 394 Å². The first kappa shape index (κ1) is 88.4. The van der Waals surface area contributed by atoms with Crippen LogP contribution in [0.25, 0.3) is 17.5 Å². The summed E-state index contributed by atoms with van der Waals surface area (Å²) >= 11 is 0. The minimum atomic E-state index is -4.23. The van der Waals surface area contributed by atoms with Crippen LogP contribution in [0.5, 0.6) is 17.6 Å². The van der Waals surface area contributed by atoms with E-state index in [1.54, 1.807) is 105 Å². The van der Waals surface area contributed by atoms with Crippen LogP contribution >= 0.6 is 0 Å². The van der Waals surface area contributed by atoms with Crippen LogP contribution in [0.2, 0.25) is 0 Å². The molecule has 3 atom stereocenters. The maximum absolute atomic E-state index is 13.7. The molecule has 0 radical (unpaired) electrons. The summed E-state index contributed by atoms with van der Waals surface area (Å²) in [7, 11) is -12.7. The second-order valence-electron chi connectivity index (χ2n) is 37.9. The molecule has 6 N–H and O–H groups in total. The molecule has 9 aromatic heterocycles. The zero-order valence-electron chi connectivity index (χ0n) is 73.4. The predicted molar refractivity (Wildman–Crippen MR) is 479 cm³/mol. The molecule has 3 unspecified atom stereocenters. The Balaban J connectivity index is 0.000000139. The number of nitrogens with zero attached hydrogens (tertiary/aromatic N) is 15. The van der Waals surface area contributed by atoms with Crippen LogP contribution < -0.4 is 59.0 Å². The van der Waals surface area contributed by atoms with Crippen molar-refractivity contribution in [3.05, 3.63) is 144 Å². The van der Waals surface area contributed by atoms with E-state index >= 15 is 0 Å². The highest BCUT2D eigenvalue weighted by Gasteiger charge is 2.47. The summed E-state index contributed by atoms with van der Waals surface area (Å²) in [4.78, 5) is 75.2. The lowest BCUT2D eigenvalue weighted by atomic mass is 10.0. The van der Waals surface area contributed by atoms with Gasteiger partial charge in [0.15, 0.2) is 32.5 Å². The number of nitrogens with one attached hydrogen (secondary N) is 6. The number of hydrogen-bond donors (Lipinski definition) is 6. The van der Waals surface area contributed by atoms with Gasteiger partial charge in [-0.25, -0.2) is 58.1 Å². The quantitative estimate of drug-likeness (QED) is 0.0555. The molecule has 33 nitrogen and oxygen atoms in total. The number of aromatic nitrogens is 12. The van der Waals surface area contributed by atoms with Gasteiger partial charge in [-0.05, 0) is 285 Å². The van der Waals surface area contributed by atoms with E-state index in [0.29, 0.717) is 126 Å². The molecule has 6 bridgehead atoms. The molecule has 3 amide bonds. The molecule has 126 heavy (non-hydrogen) atoms. The second kappa shape index (κ2) is 35.7. The fourth-order valence-corrected chi connectivity index (χ4v) is 20.5. The standard InChI is InChI=1S/3C30H39N7O4S/c3*1-29(2)14-12-21-7-4-5-18-31-23-8-6-9-26(32-23)42(39,40)35-28(38)22-10-11-24(33-27(22)37(21)29)36-19-13-25(34-36)41-20-17-30(3)15-16-30/h3*6,8-11,13,19,21H,4-5,7,12,14-18,20H2,1-3H3,(H,31,32)(H,35,38). The molecular formula is C90H117N21O12S3. The molecule has 15 heterocycles. The van der Waals surface area contributed by atoms with Crippen molar-refractivity contribution in [1.82, 2.24) is 73.4 Å². The van der Waals surface area contributed by atoms with Gasteiger partial charge < -0.3 is 44.9 Å². The summed E-state index contributed by atoms with van der Waals surface area (Å²) in [6, 6.07) is 30.0. The van der Waals surface area contributed by atoms with E-state index in [-0.39, 0.29) is 66.5 Å². The van der Waals surface area contributed by atoms with E-state index in [0.717, 1.165) is 116 Å². The third kappa shape index (κ3) is 20.6. The molecule has 18 rings (SSSR count). The number of fused-ring (bicyclic) bond motifs is 15. The van der Waals surface area contributed by atoms with Crippen LogP contribution in [0.1, 0.15) is 247 Å². The van der Waals surface area contributed by atoms with Crippen molar-refractivity contribution in [2.45, 2.75) is 266 Å². The van der Waals surface area contributed by atoms with Crippen molar-refractivity contribution in [3.8, 4) is 35.1 Å². The summed E-state index contributed by atoms with van der Waals surface area (Å²) in [5.41, 5.74) is 0.888. The van der Waals surface area contributed by atoms with Crippen LogP contribution in [-0.2, 0) is 30.1 Å². The molecule has 9 aromatic rings. The number of hydrogen-bond acceptors (Lipinski definition) is 27. The second-order valence-corrected chi connectivity index (χ2v) is 42.8. The summed E-state index contributed by atoms with van der Waals surface area (Å²) < 4.78 is 109. The number of rotatable bonds is 15. The molecule has 9 aliphatic rings. The van der Waals surface area contributed by atoms with Gasteiger partial charge in [0.1, 0.15) is 34.9 Å². The lowest BCUT2D eigenvalue weighted by Gasteiger charge is -2.38. The highest BCUT2D eigenvalue weighted by Crippen LogP contribution is 2.51. The van der Waals surface area contributed by atoms with Gasteiger partial charge in [-0.2, -0.15) is 25.3 Å². The van der Waals surface area contributed by atoms with Crippen molar-refractivity contribution in [2.24, 2.45) is 16.2 Å². The lowest BCUT2D eigenvalue weighted by Crippen LogP contribution is -2.45. The number of sulfonamides is 3. The molecular weight excluding hydrogens is 1660 g/mol. The summed E-state index contributed by atoms with van der Waals surface area (Å²) in [5.74, 6) is 3.57. The lowest BCUT2D eigenvalue weighted by molar-refractivity contribution is 0.0972. The molecule has 6 aliphatic heterocycles. The van der Waals surface area contributed by atoms with Crippen molar-refractivity contribution >= 4 is 82.7 Å². The van der Waals surface area contributed by atoms with Gasteiger partial charge in [-0.15, -0.1) is 15.3 Å². The van der Waals surface area contributed by atoms with Crippen molar-refractivity contribution in [2.75, 3.05) is 70.1 Å². The Morgan fingerprint density at radius 3 is 0.889 bits per heavy atom. The average molecular weight is 1780 g/mol. The largest absolute Gasteiger partial charge is 0.477 e. The first-order valence-electron chi connectivity index (χ1n) is 44.4. The first-order valence-corrected chi connectivity index (χ1v) is 48.9. The van der Waals surface area contributed by atoms with E-state index in [1.807, 2.05) is 18.2 Å². The summed E-state index contributed by atoms with van der Waals surface area (Å²) in [5, 5.41) is 22.7. The third-order valence-electron chi connectivity index (χ3n) is 26.4. The van der Waals surface area contributed by atoms with Crippen LogP contribution in [0.3, 0.4) is 0 Å². The van der Waals surface area contributed by atoms with E-state index < -0.39 is 47.8 Å². The molecule has 36 heteroatoms. The fourth-order valence-electron chi connectivity index (χ4n) is 17.7. The van der Waals surface area contributed by atoms with Crippen molar-refractivity contribution in [3.63, 3.8) is 0 Å². The fraction of sp³-hybridized carbons (Fsp3) is 0.533. The number of amides is 3. The van der Waals surface area contributed by atoms with Crippen molar-refractivity contribution < 1.29 is 53.8 Å². The minimum absolute atomic E-state index is 0.149. The Labute approximate surface area is 737 Å². The smallest absolute Gasteiger partial charge is 0.281 e. The van der Waals surface area contributed by atoms with Gasteiger partial charge in [0, 0.05) is 91.2 Å². The van der Waals surface area contributed by atoms with E-state index in [1.165, 1.54) is 56.7 Å². The first-order chi connectivity index (χ1) is 60.1. The highest BCUT2D eigenvalue weighted by atomic mass is 32.2. The summed E-state index contributed by atoms with van der Waals surface area (Å²) in [6.07, 6.45) is 29.8. The average Bonchev–Trinajstić information content (AvgIpc) is 1.56. The summed E-state index contributed by atoms with van der Waals surface area (Å²) in [6.45, 7) is 23.5.